The normalized spacial score (nSPS) is 17.5. The molecule has 4 heterocycles. The first-order chi connectivity index (χ1) is 12.6. The zero-order chi connectivity index (χ0) is 18.1. The van der Waals surface area contributed by atoms with E-state index in [-0.39, 0.29) is 11.8 Å². The molecule has 3 aromatic heterocycles. The van der Waals surface area contributed by atoms with E-state index in [1.54, 1.807) is 12.4 Å². The quantitative estimate of drug-likeness (QED) is 0.768. The van der Waals surface area contributed by atoms with E-state index in [1.165, 1.54) is 11.3 Å². The lowest BCUT2D eigenvalue weighted by atomic mass is 9.90. The number of aromatic nitrogens is 4. The average Bonchev–Trinajstić information content (AvgIpc) is 3.28. The number of carbonyl (C=O) groups is 1. The van der Waals surface area contributed by atoms with Gasteiger partial charge in [-0.25, -0.2) is 4.98 Å². The molecule has 1 amide bonds. The highest BCUT2D eigenvalue weighted by Gasteiger charge is 2.29. The van der Waals surface area contributed by atoms with Crippen molar-refractivity contribution in [2.45, 2.75) is 32.6 Å². The van der Waals surface area contributed by atoms with Gasteiger partial charge in [0.15, 0.2) is 0 Å². The summed E-state index contributed by atoms with van der Waals surface area (Å²) in [5.74, 6) is 0.357. The molecule has 0 unspecified atom stereocenters. The first kappa shape index (κ1) is 16.9. The summed E-state index contributed by atoms with van der Waals surface area (Å²) < 4.78 is 0. The van der Waals surface area contributed by atoms with Crippen molar-refractivity contribution in [3.8, 4) is 11.1 Å². The minimum atomic E-state index is 0.0998. The summed E-state index contributed by atoms with van der Waals surface area (Å²) in [6.45, 7) is 5.35. The van der Waals surface area contributed by atoms with Gasteiger partial charge in [-0.15, -0.1) is 11.3 Å². The van der Waals surface area contributed by atoms with Crippen LogP contribution in [-0.2, 0) is 0 Å². The summed E-state index contributed by atoms with van der Waals surface area (Å²) in [6, 6.07) is 3.98. The van der Waals surface area contributed by atoms with Crippen molar-refractivity contribution in [2.75, 3.05) is 13.1 Å². The molecule has 0 aromatic carbocycles. The van der Waals surface area contributed by atoms with Crippen LogP contribution in [0.1, 0.15) is 44.8 Å². The highest BCUT2D eigenvalue weighted by molar-refractivity contribution is 7.13. The zero-order valence-corrected chi connectivity index (χ0v) is 15.7. The molecule has 3 aromatic rings. The minimum Gasteiger partial charge on any atom is -0.337 e. The number of thiazole rings is 1. The molecule has 4 rings (SSSR count). The number of aromatic amines is 1. The maximum Gasteiger partial charge on any atom is 0.265 e. The average molecular weight is 367 g/mol. The molecule has 1 atom stereocenters. The molecule has 0 spiro atoms. The van der Waals surface area contributed by atoms with Crippen LogP contribution in [0.5, 0.6) is 0 Å². The van der Waals surface area contributed by atoms with Gasteiger partial charge in [0, 0.05) is 42.7 Å². The van der Waals surface area contributed by atoms with Gasteiger partial charge in [0.05, 0.1) is 16.9 Å². The van der Waals surface area contributed by atoms with E-state index in [1.807, 2.05) is 37.1 Å². The second-order valence-electron chi connectivity index (χ2n) is 6.67. The summed E-state index contributed by atoms with van der Waals surface area (Å²) in [5, 5.41) is 8.37. The summed E-state index contributed by atoms with van der Waals surface area (Å²) in [6.07, 6.45) is 7.48. The summed E-state index contributed by atoms with van der Waals surface area (Å²) >= 11 is 1.49. The Morgan fingerprint density at radius 1 is 1.31 bits per heavy atom. The number of H-pyrrole nitrogens is 1. The topological polar surface area (TPSA) is 74.8 Å². The van der Waals surface area contributed by atoms with E-state index in [9.17, 15) is 4.79 Å². The van der Waals surface area contributed by atoms with E-state index in [4.69, 9.17) is 0 Å². The number of nitrogens with one attached hydrogen (secondary N) is 1. The van der Waals surface area contributed by atoms with Crippen molar-refractivity contribution in [3.63, 3.8) is 0 Å². The molecule has 1 fully saturated rings. The molecule has 1 aliphatic heterocycles. The fourth-order valence-corrected chi connectivity index (χ4v) is 4.53. The Balaban J connectivity index is 1.58. The molecule has 26 heavy (non-hydrogen) atoms. The smallest absolute Gasteiger partial charge is 0.265 e. The minimum absolute atomic E-state index is 0.0998. The van der Waals surface area contributed by atoms with Crippen LogP contribution in [0.2, 0.25) is 0 Å². The molecule has 1 aliphatic rings. The highest BCUT2D eigenvalue weighted by Crippen LogP contribution is 2.33. The molecular formula is C19H21N5OS. The van der Waals surface area contributed by atoms with Crippen molar-refractivity contribution in [3.05, 3.63) is 52.0 Å². The van der Waals surface area contributed by atoms with E-state index in [2.05, 4.69) is 20.2 Å². The van der Waals surface area contributed by atoms with Gasteiger partial charge in [-0.3, -0.25) is 14.9 Å². The predicted molar refractivity (Wildman–Crippen MR) is 101 cm³/mol. The van der Waals surface area contributed by atoms with Crippen LogP contribution in [0.3, 0.4) is 0 Å². The maximum absolute atomic E-state index is 13.0. The SMILES string of the molecule is Cc1nc(C)c(C(=O)N2CCC[C@H](c3[nH]ncc3-c3ccncc3)C2)s1. The van der Waals surface area contributed by atoms with Crippen molar-refractivity contribution < 1.29 is 4.79 Å². The Bertz CT molecular complexity index is 917. The van der Waals surface area contributed by atoms with Crippen molar-refractivity contribution in [1.82, 2.24) is 25.1 Å². The lowest BCUT2D eigenvalue weighted by molar-refractivity contribution is 0.0710. The summed E-state index contributed by atoms with van der Waals surface area (Å²) in [5.41, 5.74) is 4.13. The Morgan fingerprint density at radius 3 is 2.85 bits per heavy atom. The fourth-order valence-electron chi connectivity index (χ4n) is 3.64. The molecular weight excluding hydrogens is 346 g/mol. The Morgan fingerprint density at radius 2 is 2.12 bits per heavy atom. The Labute approximate surface area is 156 Å². The number of carbonyl (C=O) groups excluding carboxylic acids is 1. The van der Waals surface area contributed by atoms with Crippen LogP contribution in [0.25, 0.3) is 11.1 Å². The number of rotatable bonds is 3. The summed E-state index contributed by atoms with van der Waals surface area (Å²) in [4.78, 5) is 24.2. The van der Waals surface area contributed by atoms with Crippen LogP contribution >= 0.6 is 11.3 Å². The van der Waals surface area contributed by atoms with E-state index >= 15 is 0 Å². The van der Waals surface area contributed by atoms with Gasteiger partial charge in [0.1, 0.15) is 4.88 Å². The highest BCUT2D eigenvalue weighted by atomic mass is 32.1. The van der Waals surface area contributed by atoms with E-state index in [0.29, 0.717) is 6.54 Å². The molecule has 0 aliphatic carbocycles. The number of piperidine rings is 1. The van der Waals surface area contributed by atoms with Gasteiger partial charge in [0.2, 0.25) is 0 Å². The van der Waals surface area contributed by atoms with Crippen LogP contribution in [0.4, 0.5) is 0 Å². The number of aryl methyl sites for hydroxylation is 2. The van der Waals surface area contributed by atoms with Gasteiger partial charge < -0.3 is 4.90 Å². The number of likely N-dealkylation sites (tertiary alicyclic amines) is 1. The molecule has 1 saturated heterocycles. The largest absolute Gasteiger partial charge is 0.337 e. The molecule has 1 N–H and O–H groups in total. The zero-order valence-electron chi connectivity index (χ0n) is 14.9. The van der Waals surface area contributed by atoms with Gasteiger partial charge >= 0.3 is 0 Å². The van der Waals surface area contributed by atoms with Crippen LogP contribution in [0, 0.1) is 13.8 Å². The Hall–Kier alpha value is -2.54. The first-order valence-electron chi connectivity index (χ1n) is 8.80. The maximum atomic E-state index is 13.0. The molecule has 134 valence electrons. The second-order valence-corrected chi connectivity index (χ2v) is 7.87. The van der Waals surface area contributed by atoms with Crippen LogP contribution in [0.15, 0.2) is 30.7 Å². The third-order valence-electron chi connectivity index (χ3n) is 4.87. The van der Waals surface area contributed by atoms with Crippen molar-refractivity contribution in [1.29, 1.82) is 0 Å². The lowest BCUT2D eigenvalue weighted by Gasteiger charge is -2.32. The predicted octanol–water partition coefficient (Wildman–Crippen LogP) is 3.56. The van der Waals surface area contributed by atoms with Crippen LogP contribution < -0.4 is 0 Å². The van der Waals surface area contributed by atoms with Gasteiger partial charge in [-0.2, -0.15) is 5.10 Å². The number of hydrogen-bond donors (Lipinski definition) is 1. The number of hydrogen-bond acceptors (Lipinski definition) is 5. The molecule has 0 bridgehead atoms. The third kappa shape index (κ3) is 3.14. The van der Waals surface area contributed by atoms with Gasteiger partial charge in [-0.05, 0) is 44.4 Å². The van der Waals surface area contributed by atoms with Crippen molar-refractivity contribution >= 4 is 17.2 Å². The van der Waals surface area contributed by atoms with Crippen LogP contribution in [-0.4, -0.2) is 44.1 Å². The third-order valence-corrected chi connectivity index (χ3v) is 5.94. The number of amides is 1. The lowest BCUT2D eigenvalue weighted by Crippen LogP contribution is -2.39. The molecule has 0 saturated carbocycles. The fraction of sp³-hybridized carbons (Fsp3) is 0.368. The molecule has 6 nitrogen and oxygen atoms in total. The standard InChI is InChI=1S/C19H21N5OS/c1-12-18(26-13(2)22-12)19(25)24-9-3-4-15(11-24)17-16(10-21-23-17)14-5-7-20-8-6-14/h5-8,10,15H,3-4,9,11H2,1-2H3,(H,21,23)/t15-/m0/s1. The second kappa shape index (κ2) is 6.99. The molecule has 7 heteroatoms. The monoisotopic (exact) mass is 367 g/mol. The summed E-state index contributed by atoms with van der Waals surface area (Å²) in [7, 11) is 0. The Kier molecular flexibility index (Phi) is 4.55. The molecule has 0 radical (unpaired) electrons. The van der Waals surface area contributed by atoms with E-state index in [0.717, 1.165) is 51.8 Å². The number of pyridine rings is 1. The van der Waals surface area contributed by atoms with Gasteiger partial charge in [0.25, 0.3) is 5.91 Å². The van der Waals surface area contributed by atoms with E-state index < -0.39 is 0 Å². The first-order valence-corrected chi connectivity index (χ1v) is 9.62. The van der Waals surface area contributed by atoms with Crippen molar-refractivity contribution in [2.24, 2.45) is 0 Å². The number of nitrogens with zero attached hydrogens (tertiary/aromatic N) is 4. The van der Waals surface area contributed by atoms with Gasteiger partial charge in [-0.1, -0.05) is 0 Å².